The number of benzene rings is 1. The molecule has 3 saturated carbocycles. The van der Waals surface area contributed by atoms with Crippen LogP contribution in [-0.2, 0) is 59.1 Å². The number of carbonyl (C=O) groups is 10. The fraction of sp³-hybridized carbons (Fsp3) is 0.614. The third-order valence-corrected chi connectivity index (χ3v) is 16.9. The molecule has 442 valence electrons. The molecule has 1 unspecified atom stereocenters. The summed E-state index contributed by atoms with van der Waals surface area (Å²) in [5.41, 5.74) is 8.31. The number of nitrogens with one attached hydrogen (secondary N) is 7. The van der Waals surface area contributed by atoms with Crippen LogP contribution in [0.5, 0.6) is 0 Å². The van der Waals surface area contributed by atoms with Crippen LogP contribution in [-0.4, -0.2) is 138 Å². The van der Waals surface area contributed by atoms with Crippen molar-refractivity contribution in [2.24, 2.45) is 40.2 Å². The summed E-state index contributed by atoms with van der Waals surface area (Å²) in [4.78, 5) is 130. The lowest BCUT2D eigenvalue weighted by Crippen LogP contribution is -2.63. The van der Waals surface area contributed by atoms with Gasteiger partial charge in [0.15, 0.2) is 24.3 Å². The van der Waals surface area contributed by atoms with E-state index in [0.29, 0.717) is 56.4 Å². The second-order valence-electron chi connectivity index (χ2n) is 22.7. The van der Waals surface area contributed by atoms with Crippen molar-refractivity contribution in [3.8, 4) is 0 Å². The van der Waals surface area contributed by atoms with Gasteiger partial charge in [-0.3, -0.25) is 39.0 Å². The lowest BCUT2D eigenvalue weighted by molar-refractivity contribution is -0.200. The van der Waals surface area contributed by atoms with Crippen molar-refractivity contribution in [3.63, 3.8) is 0 Å². The molecule has 1 saturated heterocycles. The number of hydrogen-bond donors (Lipinski definition) is 9. The number of alkyl carbamates (subject to hydrolysis) is 1. The van der Waals surface area contributed by atoms with Crippen molar-refractivity contribution in [2.45, 2.75) is 154 Å². The molecule has 6 aliphatic rings. The Morgan fingerprint density at radius 1 is 0.901 bits per heavy atom. The van der Waals surface area contributed by atoms with Gasteiger partial charge in [0.1, 0.15) is 25.2 Å². The van der Waals surface area contributed by atoms with Crippen molar-refractivity contribution in [2.75, 3.05) is 38.1 Å². The van der Waals surface area contributed by atoms with Crippen LogP contribution in [0.3, 0.4) is 0 Å². The molecule has 11 atom stereocenters. The van der Waals surface area contributed by atoms with Crippen LogP contribution >= 0.6 is 0 Å². The van der Waals surface area contributed by atoms with E-state index >= 15 is 0 Å². The van der Waals surface area contributed by atoms with Gasteiger partial charge in [-0.15, -0.1) is 0 Å². The van der Waals surface area contributed by atoms with E-state index in [9.17, 15) is 53.1 Å². The predicted molar refractivity (Wildman–Crippen MR) is 291 cm³/mol. The average molecular weight is 1130 g/mol. The highest BCUT2D eigenvalue weighted by atomic mass is 16.7. The molecule has 10 N–H and O–H groups in total. The summed E-state index contributed by atoms with van der Waals surface area (Å²) in [6.07, 6.45) is 10.2. The first-order chi connectivity index (χ1) is 38.6. The number of hydrazine groups is 1. The zero-order valence-electron chi connectivity index (χ0n) is 46.8. The topological polar surface area (TPSA) is 341 Å². The highest BCUT2D eigenvalue weighted by molar-refractivity contribution is 6.01. The number of unbranched alkanes of at least 4 members (excludes halogenated alkanes) is 2. The van der Waals surface area contributed by atoms with Crippen molar-refractivity contribution in [1.29, 1.82) is 0 Å². The Morgan fingerprint density at radius 2 is 1.67 bits per heavy atom. The van der Waals surface area contributed by atoms with Gasteiger partial charge in [0.2, 0.25) is 29.4 Å². The summed E-state index contributed by atoms with van der Waals surface area (Å²) in [6.45, 7) is 9.24. The van der Waals surface area contributed by atoms with Crippen LogP contribution in [0.15, 0.2) is 60.2 Å². The molecule has 0 spiro atoms. The minimum Gasteiger partial charge on any atom is -0.443 e. The lowest BCUT2D eigenvalue weighted by atomic mass is 9.46. The molecule has 81 heavy (non-hydrogen) atoms. The van der Waals surface area contributed by atoms with E-state index in [1.807, 2.05) is 19.9 Å². The minimum absolute atomic E-state index is 0.00571. The smallest absolute Gasteiger partial charge is 0.426 e. The molecule has 0 radical (unpaired) electrons. The van der Waals surface area contributed by atoms with E-state index in [2.05, 4.69) is 44.4 Å². The molecule has 24 heteroatoms. The number of carbonyl (C=O) groups excluding carboxylic acids is 10. The Balaban J connectivity index is 0.834. The van der Waals surface area contributed by atoms with Crippen molar-refractivity contribution in [3.05, 3.63) is 65.8 Å². The number of amides is 9. The number of primary amides is 1. The summed E-state index contributed by atoms with van der Waals surface area (Å²) in [5, 5.41) is 25.0. The highest BCUT2D eigenvalue weighted by Gasteiger charge is 2.76. The van der Waals surface area contributed by atoms with Crippen LogP contribution in [0.4, 0.5) is 20.1 Å². The number of fused-ring (bicyclic) bond motifs is 7. The third-order valence-electron chi connectivity index (χ3n) is 16.9. The monoisotopic (exact) mass is 1130 g/mol. The summed E-state index contributed by atoms with van der Waals surface area (Å²) < 4.78 is 23.6. The highest BCUT2D eigenvalue weighted by Crippen LogP contribution is 2.69. The van der Waals surface area contributed by atoms with Gasteiger partial charge in [0.05, 0.1) is 12.2 Å². The summed E-state index contributed by atoms with van der Waals surface area (Å²) in [6, 6.07) is 3.43. The summed E-state index contributed by atoms with van der Waals surface area (Å²) in [7, 11) is 0. The van der Waals surface area contributed by atoms with Gasteiger partial charge in [-0.2, -0.15) is 0 Å². The maximum Gasteiger partial charge on any atom is 0.426 e. The summed E-state index contributed by atoms with van der Waals surface area (Å²) in [5.74, 6) is -3.54. The van der Waals surface area contributed by atoms with Gasteiger partial charge in [-0.05, 0) is 105 Å². The second-order valence-corrected chi connectivity index (χ2v) is 22.7. The number of urea groups is 1. The normalized spacial score (nSPS) is 27.5. The fourth-order valence-electron chi connectivity index (χ4n) is 13.0. The van der Waals surface area contributed by atoms with Gasteiger partial charge in [0, 0.05) is 54.6 Å². The molecule has 9 amide bonds. The van der Waals surface area contributed by atoms with Crippen LogP contribution in [0.25, 0.3) is 0 Å². The molecule has 4 aliphatic carbocycles. The zero-order valence-corrected chi connectivity index (χ0v) is 46.8. The Bertz CT molecular complexity index is 2640. The predicted octanol–water partition coefficient (Wildman–Crippen LogP) is 3.38. The summed E-state index contributed by atoms with van der Waals surface area (Å²) >= 11 is 0. The van der Waals surface area contributed by atoms with Gasteiger partial charge in [-0.1, -0.05) is 77.3 Å². The molecule has 0 aromatic heterocycles. The molecule has 1 aromatic carbocycles. The van der Waals surface area contributed by atoms with E-state index in [4.69, 9.17) is 24.7 Å². The molecule has 7 rings (SSSR count). The third kappa shape index (κ3) is 14.5. The number of ketones is 2. The van der Waals surface area contributed by atoms with E-state index in [-0.39, 0.29) is 80.1 Å². The first-order valence-corrected chi connectivity index (χ1v) is 28.2. The van der Waals surface area contributed by atoms with E-state index in [1.54, 1.807) is 49.1 Å². The van der Waals surface area contributed by atoms with Crippen molar-refractivity contribution >= 4 is 65.0 Å². The Labute approximate surface area is 471 Å². The number of hydrogen-bond acceptors (Lipinski definition) is 15. The zero-order chi connectivity index (χ0) is 58.6. The molecular weight excluding hydrogens is 1050 g/mol. The number of Topliss-reactive ketones (excluding diaryl/α,β-unsaturated/α-hetero) is 1. The maximum atomic E-state index is 14.5. The maximum absolute atomic E-state index is 14.5. The average Bonchev–Trinajstić information content (AvgIpc) is 4.29. The van der Waals surface area contributed by atoms with Crippen LogP contribution < -0.4 is 43.2 Å². The largest absolute Gasteiger partial charge is 0.443 e. The Hall–Kier alpha value is -7.18. The quantitative estimate of drug-likeness (QED) is 0.0501. The minimum atomic E-state index is -1.52. The van der Waals surface area contributed by atoms with Gasteiger partial charge >= 0.3 is 18.2 Å². The van der Waals surface area contributed by atoms with Gasteiger partial charge in [-0.25, -0.2) is 19.8 Å². The number of nitrogens with zero attached hydrogens (tertiary/aromatic N) is 1. The van der Waals surface area contributed by atoms with Crippen molar-refractivity contribution < 1.29 is 72.0 Å². The number of nitrogens with two attached hydrogens (primary N) is 1. The number of anilines is 1. The Kier molecular flexibility index (Phi) is 20.5. The molecule has 1 aromatic rings. The number of allylic oxidation sites excluding steroid dienone is 4. The first-order valence-electron chi connectivity index (χ1n) is 28.2. The lowest BCUT2D eigenvalue weighted by Gasteiger charge is -2.59. The molecule has 0 bridgehead atoms. The molecule has 2 heterocycles. The van der Waals surface area contributed by atoms with Crippen molar-refractivity contribution in [1.82, 2.24) is 37.0 Å². The van der Waals surface area contributed by atoms with Gasteiger partial charge in [0.25, 0.3) is 5.91 Å². The first kappa shape index (κ1) is 61.4. The Morgan fingerprint density at radius 3 is 2.37 bits per heavy atom. The number of aliphatic hydroxyl groups excluding tert-OH is 1. The fourth-order valence-corrected chi connectivity index (χ4v) is 13.0. The molecule has 24 nitrogen and oxygen atoms in total. The molecule has 4 fully saturated rings. The van der Waals surface area contributed by atoms with E-state index < -0.39 is 102 Å². The van der Waals surface area contributed by atoms with Gasteiger partial charge < -0.3 is 61.3 Å². The molecular formula is C57H79N9O15. The molecule has 2 aliphatic heterocycles. The standard InChI is InChI=1S/C57H79N9O15/c1-6-12-47-80-43-28-39-38-21-18-35-27-37(67)22-23-55(35,4)48(38)41(68)29-56(39,5)57(43,81-47)42(69)32-79-53(76)60-30-45(71)64-65-54(77)78-31-34-16-19-36(20-17-34)61-50(73)40(13-10-24-59-52(58)75)62-51(74)49(33(2)3)63-44(70)14-8-7-9-25-66-26-11-15-46(66)72/h11,15-17,19-20,22-23,27,33,38-41,43,47-49,68H,6-10,12-14,18,21,24-26,28-32H2,1-5H3,(H,60,76)(H,61,73)(H,62,74)(H,63,70)(H,64,71)(H,65,77)(H3,58,59,75)/t38-,39-,40-,41-,43+,47?,48+,49-,55-,56-,57+/m0/s1. The van der Waals surface area contributed by atoms with Crippen LogP contribution in [0.1, 0.15) is 117 Å². The van der Waals surface area contributed by atoms with E-state index in [0.717, 1.165) is 24.8 Å². The number of aliphatic hydroxyl groups is 1. The van der Waals surface area contributed by atoms with Crippen LogP contribution in [0, 0.1) is 34.5 Å². The van der Waals surface area contributed by atoms with E-state index in [1.165, 1.54) is 18.2 Å². The second kappa shape index (κ2) is 27.1. The number of rotatable bonds is 25. The van der Waals surface area contributed by atoms with Crippen LogP contribution in [0.2, 0.25) is 0 Å². The number of ether oxygens (including phenoxy) is 4. The SMILES string of the molecule is CCCC1O[C@@H]2C[C@H]3[C@@H]4CCC5=CC(=O)C=C[C@]5(C)[C@H]4[C@@H](O)C[C@]3(C)[C@]2(C(=O)COC(=O)NCC(=O)NNC(=O)OCc2ccc(NC(=O)[C@H](CCCNC(N)=O)NC(=O)[C@@H](NC(=O)CCCCCN3CC=CC3=O)C(C)C)cc2)O1.